The molecule has 0 aliphatic rings. The molecule has 0 spiro atoms. The predicted molar refractivity (Wildman–Crippen MR) is 48.1 cm³/mol. The molecule has 0 atom stereocenters. The van der Waals surface area contributed by atoms with Gasteiger partial charge in [-0.15, -0.1) is 0 Å². The minimum absolute atomic E-state index is 0.243. The summed E-state index contributed by atoms with van der Waals surface area (Å²) in [6.45, 7) is 2.01. The van der Waals surface area contributed by atoms with Crippen molar-refractivity contribution in [3.05, 3.63) is 23.5 Å². The van der Waals surface area contributed by atoms with Gasteiger partial charge in [0.1, 0.15) is 5.69 Å². The van der Waals surface area contributed by atoms with E-state index in [4.69, 9.17) is 4.74 Å². The average molecular weight is 197 g/mol. The first kappa shape index (κ1) is 10.3. The van der Waals surface area contributed by atoms with Crippen molar-refractivity contribution in [2.75, 3.05) is 13.7 Å². The molecule has 1 aromatic heterocycles. The Morgan fingerprint density at radius 1 is 1.43 bits per heavy atom. The van der Waals surface area contributed by atoms with Crippen LogP contribution in [-0.2, 0) is 9.47 Å². The summed E-state index contributed by atoms with van der Waals surface area (Å²) in [5.74, 6) is -0.973. The molecule has 0 aromatic carbocycles. The monoisotopic (exact) mass is 197 g/mol. The second-order valence-electron chi connectivity index (χ2n) is 2.51. The molecule has 0 amide bonds. The lowest BCUT2D eigenvalue weighted by atomic mass is 10.3. The molecule has 0 aliphatic carbocycles. The summed E-state index contributed by atoms with van der Waals surface area (Å²) >= 11 is 0. The third-order valence-corrected chi connectivity index (χ3v) is 1.60. The first-order chi connectivity index (χ1) is 6.69. The van der Waals surface area contributed by atoms with Gasteiger partial charge >= 0.3 is 11.9 Å². The van der Waals surface area contributed by atoms with Crippen molar-refractivity contribution >= 4 is 11.9 Å². The fraction of sp³-hybridized carbons (Fsp3) is 0.333. The fourth-order valence-corrected chi connectivity index (χ4v) is 0.957. The third-order valence-electron chi connectivity index (χ3n) is 1.60. The van der Waals surface area contributed by atoms with E-state index >= 15 is 0 Å². The number of carbonyl (C=O) groups excluding carboxylic acids is 2. The van der Waals surface area contributed by atoms with Crippen molar-refractivity contribution < 1.29 is 19.1 Å². The lowest BCUT2D eigenvalue weighted by Crippen LogP contribution is -2.04. The number of ether oxygens (including phenoxy) is 2. The van der Waals surface area contributed by atoms with Crippen molar-refractivity contribution in [2.24, 2.45) is 0 Å². The molecule has 1 aromatic rings. The highest BCUT2D eigenvalue weighted by atomic mass is 16.5. The van der Waals surface area contributed by atoms with Crippen molar-refractivity contribution in [1.29, 1.82) is 0 Å². The maximum atomic E-state index is 11.2. The van der Waals surface area contributed by atoms with E-state index in [0.29, 0.717) is 12.2 Å². The zero-order chi connectivity index (χ0) is 10.6. The molecule has 0 radical (unpaired) electrons. The molecule has 0 fully saturated rings. The molecule has 0 aliphatic heterocycles. The van der Waals surface area contributed by atoms with Crippen molar-refractivity contribution in [3.63, 3.8) is 0 Å². The zero-order valence-electron chi connectivity index (χ0n) is 7.99. The first-order valence-electron chi connectivity index (χ1n) is 4.13. The van der Waals surface area contributed by atoms with Crippen LogP contribution in [-0.4, -0.2) is 30.6 Å². The third kappa shape index (κ3) is 2.12. The average Bonchev–Trinajstić information content (AvgIpc) is 2.66. The molecule has 0 bridgehead atoms. The van der Waals surface area contributed by atoms with E-state index in [1.807, 2.05) is 0 Å². The van der Waals surface area contributed by atoms with Gasteiger partial charge in [0.25, 0.3) is 0 Å². The summed E-state index contributed by atoms with van der Waals surface area (Å²) in [7, 11) is 1.28. The van der Waals surface area contributed by atoms with Crippen LogP contribution in [0.2, 0.25) is 0 Å². The number of aromatic nitrogens is 1. The van der Waals surface area contributed by atoms with E-state index in [2.05, 4.69) is 9.72 Å². The summed E-state index contributed by atoms with van der Waals surface area (Å²) in [5, 5.41) is 0. The summed E-state index contributed by atoms with van der Waals surface area (Å²) in [6.07, 6.45) is 1.40. The van der Waals surface area contributed by atoms with E-state index in [9.17, 15) is 9.59 Å². The minimum Gasteiger partial charge on any atom is -0.465 e. The number of H-pyrrole nitrogens is 1. The summed E-state index contributed by atoms with van der Waals surface area (Å²) in [5.41, 5.74) is 0.544. The molecular weight excluding hydrogens is 186 g/mol. The molecule has 0 saturated carbocycles. The second-order valence-corrected chi connectivity index (χ2v) is 2.51. The van der Waals surface area contributed by atoms with Crippen molar-refractivity contribution in [2.45, 2.75) is 6.92 Å². The topological polar surface area (TPSA) is 68.4 Å². The largest absolute Gasteiger partial charge is 0.465 e. The molecule has 5 heteroatoms. The summed E-state index contributed by atoms with van der Waals surface area (Å²) in [6, 6.07) is 1.39. The molecule has 1 rings (SSSR count). The molecule has 14 heavy (non-hydrogen) atoms. The van der Waals surface area contributed by atoms with Gasteiger partial charge < -0.3 is 14.5 Å². The Kier molecular flexibility index (Phi) is 3.28. The molecule has 0 saturated heterocycles. The van der Waals surface area contributed by atoms with Gasteiger partial charge in [-0.2, -0.15) is 0 Å². The van der Waals surface area contributed by atoms with Crippen LogP contribution in [0.4, 0.5) is 0 Å². The number of esters is 2. The number of aromatic amines is 1. The molecule has 1 heterocycles. The SMILES string of the molecule is CCOC(=O)c1cc(C(=O)OC)c[nH]1. The summed E-state index contributed by atoms with van der Waals surface area (Å²) in [4.78, 5) is 24.8. The van der Waals surface area contributed by atoms with Crippen LogP contribution < -0.4 is 0 Å². The van der Waals surface area contributed by atoms with E-state index in [-0.39, 0.29) is 5.69 Å². The van der Waals surface area contributed by atoms with Gasteiger partial charge in [-0.05, 0) is 13.0 Å². The Hall–Kier alpha value is -1.78. The first-order valence-corrected chi connectivity index (χ1v) is 4.13. The quantitative estimate of drug-likeness (QED) is 0.733. The Morgan fingerprint density at radius 3 is 2.71 bits per heavy atom. The maximum absolute atomic E-state index is 11.2. The van der Waals surface area contributed by atoms with Crippen molar-refractivity contribution in [1.82, 2.24) is 4.98 Å². The van der Waals surface area contributed by atoms with Gasteiger partial charge in [-0.3, -0.25) is 0 Å². The second kappa shape index (κ2) is 4.45. The minimum atomic E-state index is -0.489. The Labute approximate surface area is 81.0 Å². The van der Waals surface area contributed by atoms with Gasteiger partial charge in [-0.1, -0.05) is 0 Å². The van der Waals surface area contributed by atoms with Crippen LogP contribution in [0.25, 0.3) is 0 Å². The lowest BCUT2D eigenvalue weighted by Gasteiger charge is -1.96. The van der Waals surface area contributed by atoms with Crippen LogP contribution in [0.1, 0.15) is 27.8 Å². The predicted octanol–water partition coefficient (Wildman–Crippen LogP) is 0.978. The molecule has 0 unspecified atom stereocenters. The Bertz CT molecular complexity index is 342. The number of hydrogen-bond donors (Lipinski definition) is 1. The molecule has 1 N–H and O–H groups in total. The number of methoxy groups -OCH3 is 1. The van der Waals surface area contributed by atoms with E-state index in [0.717, 1.165) is 0 Å². The number of nitrogens with one attached hydrogen (secondary N) is 1. The van der Waals surface area contributed by atoms with E-state index in [1.54, 1.807) is 6.92 Å². The van der Waals surface area contributed by atoms with Crippen LogP contribution in [0, 0.1) is 0 Å². The highest BCUT2D eigenvalue weighted by Crippen LogP contribution is 2.06. The van der Waals surface area contributed by atoms with Crippen molar-refractivity contribution in [3.8, 4) is 0 Å². The van der Waals surface area contributed by atoms with Crippen LogP contribution >= 0.6 is 0 Å². The number of rotatable bonds is 3. The van der Waals surface area contributed by atoms with Crippen LogP contribution in [0.15, 0.2) is 12.3 Å². The number of carbonyl (C=O) groups is 2. The normalized spacial score (nSPS) is 9.57. The van der Waals surface area contributed by atoms with E-state index in [1.165, 1.54) is 19.4 Å². The smallest absolute Gasteiger partial charge is 0.354 e. The zero-order valence-corrected chi connectivity index (χ0v) is 7.99. The van der Waals surface area contributed by atoms with Gasteiger partial charge in [-0.25, -0.2) is 9.59 Å². The van der Waals surface area contributed by atoms with Gasteiger partial charge in [0.15, 0.2) is 0 Å². The Morgan fingerprint density at radius 2 is 2.14 bits per heavy atom. The van der Waals surface area contributed by atoms with Gasteiger partial charge in [0.2, 0.25) is 0 Å². The molecule has 5 nitrogen and oxygen atoms in total. The van der Waals surface area contributed by atoms with E-state index < -0.39 is 11.9 Å². The lowest BCUT2D eigenvalue weighted by molar-refractivity contribution is 0.0520. The van der Waals surface area contributed by atoms with Gasteiger partial charge in [0, 0.05) is 6.20 Å². The molecular formula is C9H11NO4. The molecule has 76 valence electrons. The van der Waals surface area contributed by atoms with Crippen LogP contribution in [0.5, 0.6) is 0 Å². The fourth-order valence-electron chi connectivity index (χ4n) is 0.957. The highest BCUT2D eigenvalue weighted by Gasteiger charge is 2.13. The number of hydrogen-bond acceptors (Lipinski definition) is 4. The standard InChI is InChI=1S/C9H11NO4/c1-3-14-9(12)7-4-6(5-10-7)8(11)13-2/h4-5,10H,3H2,1-2H3. The van der Waals surface area contributed by atoms with Gasteiger partial charge in [0.05, 0.1) is 19.3 Å². The Balaban J connectivity index is 2.77. The summed E-state index contributed by atoms with van der Waals surface area (Å²) < 4.78 is 9.21. The highest BCUT2D eigenvalue weighted by molar-refractivity contribution is 5.94. The van der Waals surface area contributed by atoms with Crippen LogP contribution in [0.3, 0.4) is 0 Å². The maximum Gasteiger partial charge on any atom is 0.354 e.